The van der Waals surface area contributed by atoms with Gasteiger partial charge in [0.05, 0.1) is 5.52 Å². The van der Waals surface area contributed by atoms with Gasteiger partial charge in [-0.2, -0.15) is 0 Å². The molecule has 0 aliphatic rings. The third kappa shape index (κ3) is 3.43. The summed E-state index contributed by atoms with van der Waals surface area (Å²) in [5.74, 6) is -0.245. The van der Waals surface area contributed by atoms with Crippen LogP contribution in [0.2, 0.25) is 0 Å². The van der Waals surface area contributed by atoms with E-state index in [9.17, 15) is 4.79 Å². The maximum absolute atomic E-state index is 11.6. The van der Waals surface area contributed by atoms with Gasteiger partial charge < -0.3 is 5.32 Å². The van der Waals surface area contributed by atoms with E-state index in [0.29, 0.717) is 5.69 Å². The number of hydrogen-bond acceptors (Lipinski definition) is 4. The summed E-state index contributed by atoms with van der Waals surface area (Å²) < 4.78 is 0. The summed E-state index contributed by atoms with van der Waals surface area (Å²) in [4.78, 5) is 24.3. The maximum atomic E-state index is 11.6. The molecule has 0 spiro atoms. The Balaban J connectivity index is 1.89. The second-order valence-electron chi connectivity index (χ2n) is 5.99. The van der Waals surface area contributed by atoms with E-state index >= 15 is 0 Å². The number of aromatic nitrogens is 3. The first-order valence-corrected chi connectivity index (χ1v) is 8.42. The van der Waals surface area contributed by atoms with Crippen LogP contribution in [0.4, 0.5) is 5.69 Å². The SMILES string of the molecule is C=CC(=O)Nc1cccc(-c2cc(-c3ccncc3)cc3cncnc23)c1. The van der Waals surface area contributed by atoms with Gasteiger partial charge in [0.2, 0.25) is 5.91 Å². The number of fused-ring (bicyclic) bond motifs is 1. The van der Waals surface area contributed by atoms with Crippen LogP contribution in [-0.4, -0.2) is 20.9 Å². The molecule has 1 N–H and O–H groups in total. The fraction of sp³-hybridized carbons (Fsp3) is 0. The molecule has 2 aromatic heterocycles. The van der Waals surface area contributed by atoms with E-state index in [4.69, 9.17) is 0 Å². The molecule has 0 bridgehead atoms. The van der Waals surface area contributed by atoms with Crippen LogP contribution in [0.5, 0.6) is 0 Å². The van der Waals surface area contributed by atoms with Crippen molar-refractivity contribution in [2.75, 3.05) is 5.32 Å². The molecular formula is C22H16N4O. The molecule has 5 heteroatoms. The van der Waals surface area contributed by atoms with Gasteiger partial charge in [0.1, 0.15) is 6.33 Å². The summed E-state index contributed by atoms with van der Waals surface area (Å²) in [6, 6.07) is 15.8. The standard InChI is InChI=1S/C22H16N4O/c1-2-21(27)26-19-5-3-4-16(11-19)20-12-17(15-6-8-23-9-7-15)10-18-13-24-14-25-22(18)20/h2-14H,1H2,(H,26,27). The third-order valence-electron chi connectivity index (χ3n) is 4.25. The molecule has 2 heterocycles. The van der Waals surface area contributed by atoms with E-state index in [1.165, 1.54) is 6.08 Å². The summed E-state index contributed by atoms with van der Waals surface area (Å²) in [5, 5.41) is 3.74. The highest BCUT2D eigenvalue weighted by Crippen LogP contribution is 2.33. The number of carbonyl (C=O) groups is 1. The molecule has 4 rings (SSSR count). The van der Waals surface area contributed by atoms with E-state index in [-0.39, 0.29) is 5.91 Å². The predicted octanol–water partition coefficient (Wildman–Crippen LogP) is 4.48. The summed E-state index contributed by atoms with van der Waals surface area (Å²) in [5.41, 5.74) is 5.60. The highest BCUT2D eigenvalue weighted by atomic mass is 16.1. The van der Waals surface area contributed by atoms with Crippen molar-refractivity contribution in [2.24, 2.45) is 0 Å². The molecule has 0 unspecified atom stereocenters. The van der Waals surface area contributed by atoms with Crippen molar-refractivity contribution in [1.82, 2.24) is 15.0 Å². The van der Waals surface area contributed by atoms with Crippen LogP contribution in [0.1, 0.15) is 0 Å². The third-order valence-corrected chi connectivity index (χ3v) is 4.25. The molecule has 1 amide bonds. The average Bonchev–Trinajstić information content (AvgIpc) is 2.73. The lowest BCUT2D eigenvalue weighted by Crippen LogP contribution is -2.07. The van der Waals surface area contributed by atoms with E-state index in [1.807, 2.05) is 36.4 Å². The van der Waals surface area contributed by atoms with E-state index in [0.717, 1.165) is 33.2 Å². The molecule has 5 nitrogen and oxygen atoms in total. The number of rotatable bonds is 4. The van der Waals surface area contributed by atoms with Gasteiger partial charge in [-0.05, 0) is 59.2 Å². The van der Waals surface area contributed by atoms with Crippen LogP contribution in [0.15, 0.2) is 86.1 Å². The Kier molecular flexibility index (Phi) is 4.41. The quantitative estimate of drug-likeness (QED) is 0.550. The van der Waals surface area contributed by atoms with Gasteiger partial charge in [-0.25, -0.2) is 9.97 Å². The zero-order chi connectivity index (χ0) is 18.6. The minimum Gasteiger partial charge on any atom is -0.323 e. The Hall–Kier alpha value is -3.86. The van der Waals surface area contributed by atoms with Gasteiger partial charge in [-0.3, -0.25) is 9.78 Å². The number of carbonyl (C=O) groups excluding carboxylic acids is 1. The molecule has 0 aliphatic heterocycles. The Morgan fingerprint density at radius 3 is 2.63 bits per heavy atom. The smallest absolute Gasteiger partial charge is 0.247 e. The van der Waals surface area contributed by atoms with Gasteiger partial charge in [0, 0.05) is 35.2 Å². The Morgan fingerprint density at radius 1 is 0.963 bits per heavy atom. The normalized spacial score (nSPS) is 10.5. The van der Waals surface area contributed by atoms with Crippen LogP contribution in [0.25, 0.3) is 33.2 Å². The maximum Gasteiger partial charge on any atom is 0.247 e. The van der Waals surface area contributed by atoms with Crippen molar-refractivity contribution < 1.29 is 4.79 Å². The molecule has 0 saturated heterocycles. The molecular weight excluding hydrogens is 336 g/mol. The fourth-order valence-corrected chi connectivity index (χ4v) is 2.99. The lowest BCUT2D eigenvalue weighted by Gasteiger charge is -2.11. The van der Waals surface area contributed by atoms with Crippen LogP contribution in [0, 0.1) is 0 Å². The minimum atomic E-state index is -0.245. The number of nitrogens with zero attached hydrogens (tertiary/aromatic N) is 3. The van der Waals surface area contributed by atoms with Crippen molar-refractivity contribution in [1.29, 1.82) is 0 Å². The van der Waals surface area contributed by atoms with Crippen molar-refractivity contribution in [3.05, 3.63) is 86.1 Å². The monoisotopic (exact) mass is 352 g/mol. The van der Waals surface area contributed by atoms with Crippen molar-refractivity contribution >= 4 is 22.5 Å². The first-order valence-electron chi connectivity index (χ1n) is 8.42. The molecule has 2 aromatic carbocycles. The van der Waals surface area contributed by atoms with Crippen molar-refractivity contribution in [2.45, 2.75) is 0 Å². The van der Waals surface area contributed by atoms with Crippen LogP contribution >= 0.6 is 0 Å². The number of hydrogen-bond donors (Lipinski definition) is 1. The van der Waals surface area contributed by atoms with Crippen LogP contribution < -0.4 is 5.32 Å². The summed E-state index contributed by atoms with van der Waals surface area (Å²) >= 11 is 0. The first-order chi connectivity index (χ1) is 13.2. The van der Waals surface area contributed by atoms with Gasteiger partial charge in [-0.1, -0.05) is 18.7 Å². The highest BCUT2D eigenvalue weighted by molar-refractivity contribution is 6.01. The highest BCUT2D eigenvalue weighted by Gasteiger charge is 2.10. The molecule has 0 saturated carbocycles. The zero-order valence-corrected chi connectivity index (χ0v) is 14.5. The average molecular weight is 352 g/mol. The van der Waals surface area contributed by atoms with Crippen molar-refractivity contribution in [3.8, 4) is 22.3 Å². The van der Waals surface area contributed by atoms with E-state index in [2.05, 4.69) is 39.0 Å². The first kappa shape index (κ1) is 16.6. The van der Waals surface area contributed by atoms with Gasteiger partial charge in [0.25, 0.3) is 0 Å². The summed E-state index contributed by atoms with van der Waals surface area (Å²) in [6.45, 7) is 3.49. The Labute approximate surface area is 156 Å². The van der Waals surface area contributed by atoms with Gasteiger partial charge >= 0.3 is 0 Å². The molecule has 130 valence electrons. The molecule has 0 fully saturated rings. The Morgan fingerprint density at radius 2 is 1.81 bits per heavy atom. The minimum absolute atomic E-state index is 0.245. The molecule has 0 radical (unpaired) electrons. The topological polar surface area (TPSA) is 67.8 Å². The molecule has 0 aliphatic carbocycles. The second-order valence-corrected chi connectivity index (χ2v) is 5.99. The lowest BCUT2D eigenvalue weighted by atomic mass is 9.96. The van der Waals surface area contributed by atoms with E-state index in [1.54, 1.807) is 24.9 Å². The Bertz CT molecular complexity index is 1140. The number of anilines is 1. The number of pyridine rings is 1. The molecule has 4 aromatic rings. The molecule has 27 heavy (non-hydrogen) atoms. The number of nitrogens with one attached hydrogen (secondary N) is 1. The number of benzene rings is 2. The van der Waals surface area contributed by atoms with Gasteiger partial charge in [-0.15, -0.1) is 0 Å². The zero-order valence-electron chi connectivity index (χ0n) is 14.5. The predicted molar refractivity (Wildman–Crippen MR) is 107 cm³/mol. The van der Waals surface area contributed by atoms with Gasteiger partial charge in [0.15, 0.2) is 0 Å². The second kappa shape index (κ2) is 7.17. The lowest BCUT2D eigenvalue weighted by molar-refractivity contribution is -0.111. The largest absolute Gasteiger partial charge is 0.323 e. The number of amides is 1. The summed E-state index contributed by atoms with van der Waals surface area (Å²) in [6.07, 6.45) is 8.14. The van der Waals surface area contributed by atoms with Crippen LogP contribution in [-0.2, 0) is 4.79 Å². The summed E-state index contributed by atoms with van der Waals surface area (Å²) in [7, 11) is 0. The molecule has 0 atom stereocenters. The fourth-order valence-electron chi connectivity index (χ4n) is 2.99. The van der Waals surface area contributed by atoms with E-state index < -0.39 is 0 Å². The van der Waals surface area contributed by atoms with Crippen LogP contribution in [0.3, 0.4) is 0 Å². The van der Waals surface area contributed by atoms with Crippen molar-refractivity contribution in [3.63, 3.8) is 0 Å².